The van der Waals surface area contributed by atoms with Crippen molar-refractivity contribution in [1.29, 1.82) is 0 Å². The minimum absolute atomic E-state index is 0.113. The van der Waals surface area contributed by atoms with Gasteiger partial charge in [0.05, 0.1) is 19.6 Å². The topological polar surface area (TPSA) is 127 Å². The number of ether oxygens (including phenoxy) is 1. The molecule has 10 nitrogen and oxygen atoms in total. The molecule has 2 heterocycles. The van der Waals surface area contributed by atoms with E-state index in [9.17, 15) is 9.59 Å². The number of pyridine rings is 1. The number of aromatic nitrogens is 3. The van der Waals surface area contributed by atoms with E-state index >= 15 is 0 Å². The van der Waals surface area contributed by atoms with Gasteiger partial charge in [-0.1, -0.05) is 17.7 Å². The van der Waals surface area contributed by atoms with E-state index < -0.39 is 0 Å². The summed E-state index contributed by atoms with van der Waals surface area (Å²) in [5.74, 6) is 0.956. The standard InChI is InChI=1S/C22H26ClN7O3/c1-25-20(31)14-29(2)19-10-15(6-7-26-19)12-30-13-18(21(24)28-30)22(32)27-8-9-33-17-5-3-4-16(23)11-17/h3-7,10-11,13H,8-9,12,14H2,1-2H3,(H2,24,28)(H,25,31)(H,27,32). The molecule has 2 aromatic heterocycles. The first-order valence-corrected chi connectivity index (χ1v) is 10.6. The van der Waals surface area contributed by atoms with E-state index in [0.717, 1.165) is 5.56 Å². The van der Waals surface area contributed by atoms with Gasteiger partial charge in [-0.25, -0.2) is 4.98 Å². The molecule has 0 spiro atoms. The van der Waals surface area contributed by atoms with Crippen LogP contribution in [0.25, 0.3) is 0 Å². The molecule has 0 saturated carbocycles. The molecule has 0 atom stereocenters. The van der Waals surface area contributed by atoms with Gasteiger partial charge in [0.25, 0.3) is 5.91 Å². The fourth-order valence-electron chi connectivity index (χ4n) is 3.01. The average molecular weight is 472 g/mol. The monoisotopic (exact) mass is 471 g/mol. The number of halogens is 1. The number of nitrogens with two attached hydrogens (primary N) is 1. The van der Waals surface area contributed by atoms with E-state index in [1.807, 2.05) is 12.1 Å². The molecule has 0 aliphatic carbocycles. The van der Waals surface area contributed by atoms with Crippen LogP contribution in [0.4, 0.5) is 11.6 Å². The van der Waals surface area contributed by atoms with Crippen LogP contribution in [0.15, 0.2) is 48.8 Å². The Hall–Kier alpha value is -3.79. The molecule has 33 heavy (non-hydrogen) atoms. The molecule has 0 aliphatic heterocycles. The van der Waals surface area contributed by atoms with Gasteiger partial charge >= 0.3 is 0 Å². The molecule has 11 heteroatoms. The number of anilines is 2. The Morgan fingerprint density at radius 3 is 2.85 bits per heavy atom. The Morgan fingerprint density at radius 1 is 1.27 bits per heavy atom. The maximum absolute atomic E-state index is 12.5. The number of nitrogens with zero attached hydrogens (tertiary/aromatic N) is 4. The van der Waals surface area contributed by atoms with Crippen LogP contribution in [0.3, 0.4) is 0 Å². The van der Waals surface area contributed by atoms with Crippen molar-refractivity contribution in [3.63, 3.8) is 0 Å². The van der Waals surface area contributed by atoms with E-state index in [2.05, 4.69) is 20.7 Å². The van der Waals surface area contributed by atoms with Gasteiger partial charge in [0, 0.05) is 31.5 Å². The fourth-order valence-corrected chi connectivity index (χ4v) is 3.19. The van der Waals surface area contributed by atoms with Crippen molar-refractivity contribution >= 4 is 35.1 Å². The van der Waals surface area contributed by atoms with Gasteiger partial charge in [0.1, 0.15) is 23.7 Å². The van der Waals surface area contributed by atoms with Crippen molar-refractivity contribution in [3.8, 4) is 5.75 Å². The second-order valence-electron chi connectivity index (χ2n) is 7.24. The summed E-state index contributed by atoms with van der Waals surface area (Å²) in [5.41, 5.74) is 7.13. The lowest BCUT2D eigenvalue weighted by molar-refractivity contribution is -0.119. The second-order valence-corrected chi connectivity index (χ2v) is 7.68. The highest BCUT2D eigenvalue weighted by atomic mass is 35.5. The second kappa shape index (κ2) is 11.2. The van der Waals surface area contributed by atoms with Crippen molar-refractivity contribution in [3.05, 3.63) is 64.9 Å². The molecule has 3 aromatic rings. The van der Waals surface area contributed by atoms with Gasteiger partial charge in [-0.15, -0.1) is 0 Å². The zero-order valence-electron chi connectivity index (χ0n) is 18.4. The van der Waals surface area contributed by atoms with Gasteiger partial charge in [0.2, 0.25) is 5.91 Å². The summed E-state index contributed by atoms with van der Waals surface area (Å²) in [4.78, 5) is 30.1. The number of hydrogen-bond acceptors (Lipinski definition) is 7. The van der Waals surface area contributed by atoms with Crippen LogP contribution in [0.2, 0.25) is 5.02 Å². The normalized spacial score (nSPS) is 10.5. The number of rotatable bonds is 10. The highest BCUT2D eigenvalue weighted by Crippen LogP contribution is 2.17. The number of hydrogen-bond donors (Lipinski definition) is 3. The van der Waals surface area contributed by atoms with Crippen molar-refractivity contribution < 1.29 is 14.3 Å². The lowest BCUT2D eigenvalue weighted by atomic mass is 10.2. The Kier molecular flexibility index (Phi) is 8.09. The molecule has 0 aliphatic rings. The van der Waals surface area contributed by atoms with Crippen LogP contribution in [0.1, 0.15) is 15.9 Å². The number of carbonyl (C=O) groups is 2. The van der Waals surface area contributed by atoms with Crippen LogP contribution in [-0.4, -0.2) is 60.4 Å². The highest BCUT2D eigenvalue weighted by Gasteiger charge is 2.15. The van der Waals surface area contributed by atoms with Gasteiger partial charge in [-0.05, 0) is 35.9 Å². The number of nitrogens with one attached hydrogen (secondary N) is 2. The van der Waals surface area contributed by atoms with Gasteiger partial charge < -0.3 is 26.0 Å². The zero-order chi connectivity index (χ0) is 23.8. The minimum Gasteiger partial charge on any atom is -0.492 e. The number of benzene rings is 1. The molecule has 174 valence electrons. The van der Waals surface area contributed by atoms with Gasteiger partial charge in [0.15, 0.2) is 5.82 Å². The van der Waals surface area contributed by atoms with Crippen LogP contribution in [0, 0.1) is 0 Å². The summed E-state index contributed by atoms with van der Waals surface area (Å²) >= 11 is 5.92. The Labute approximate surface area is 196 Å². The average Bonchev–Trinajstić information content (AvgIpc) is 3.16. The molecular formula is C22H26ClN7O3. The summed E-state index contributed by atoms with van der Waals surface area (Å²) in [6.45, 7) is 1.15. The van der Waals surface area contributed by atoms with Gasteiger partial charge in [-0.3, -0.25) is 14.3 Å². The Balaban J connectivity index is 1.55. The van der Waals surface area contributed by atoms with E-state index in [-0.39, 0.29) is 36.3 Å². The summed E-state index contributed by atoms with van der Waals surface area (Å²) in [6, 6.07) is 10.7. The maximum atomic E-state index is 12.5. The molecular weight excluding hydrogens is 446 g/mol. The fraction of sp³-hybridized carbons (Fsp3) is 0.273. The highest BCUT2D eigenvalue weighted by molar-refractivity contribution is 6.30. The molecule has 0 fully saturated rings. The van der Waals surface area contributed by atoms with Crippen LogP contribution in [-0.2, 0) is 11.3 Å². The maximum Gasteiger partial charge on any atom is 0.256 e. The van der Waals surface area contributed by atoms with E-state index in [1.54, 1.807) is 60.3 Å². The largest absolute Gasteiger partial charge is 0.492 e. The van der Waals surface area contributed by atoms with Gasteiger partial charge in [-0.2, -0.15) is 5.10 Å². The van der Waals surface area contributed by atoms with Crippen LogP contribution >= 0.6 is 11.6 Å². The third-order valence-electron chi connectivity index (χ3n) is 4.69. The third-order valence-corrected chi connectivity index (χ3v) is 4.93. The first kappa shape index (κ1) is 23.9. The molecule has 3 rings (SSSR count). The van der Waals surface area contributed by atoms with E-state index in [1.165, 1.54) is 0 Å². The van der Waals surface area contributed by atoms with E-state index in [0.29, 0.717) is 29.7 Å². The van der Waals surface area contributed by atoms with E-state index in [4.69, 9.17) is 22.1 Å². The summed E-state index contributed by atoms with van der Waals surface area (Å²) in [5, 5.41) is 10.2. The van der Waals surface area contributed by atoms with Crippen molar-refractivity contribution in [2.45, 2.75) is 6.54 Å². The molecule has 0 bridgehead atoms. The molecule has 1 aromatic carbocycles. The summed E-state index contributed by atoms with van der Waals surface area (Å²) in [6.07, 6.45) is 3.25. The molecule has 0 saturated heterocycles. The molecule has 0 unspecified atom stereocenters. The molecule has 0 radical (unpaired) electrons. The number of likely N-dealkylation sites (N-methyl/N-ethyl adjacent to an activating group) is 2. The lowest BCUT2D eigenvalue weighted by Gasteiger charge is -2.17. The zero-order valence-corrected chi connectivity index (χ0v) is 19.2. The molecule has 4 N–H and O–H groups in total. The smallest absolute Gasteiger partial charge is 0.256 e. The van der Waals surface area contributed by atoms with Crippen molar-refractivity contribution in [2.24, 2.45) is 0 Å². The first-order valence-electron chi connectivity index (χ1n) is 10.2. The van der Waals surface area contributed by atoms with Crippen LogP contribution < -0.4 is 26.0 Å². The van der Waals surface area contributed by atoms with Crippen LogP contribution in [0.5, 0.6) is 5.75 Å². The Morgan fingerprint density at radius 2 is 2.09 bits per heavy atom. The molecule has 2 amide bonds. The Bertz CT molecular complexity index is 1120. The number of amides is 2. The van der Waals surface area contributed by atoms with Crippen molar-refractivity contribution in [1.82, 2.24) is 25.4 Å². The number of carbonyl (C=O) groups excluding carboxylic acids is 2. The third kappa shape index (κ3) is 6.84. The van der Waals surface area contributed by atoms with Crippen molar-refractivity contribution in [2.75, 3.05) is 44.4 Å². The minimum atomic E-state index is -0.339. The quantitative estimate of drug-likeness (QED) is 0.383. The summed E-state index contributed by atoms with van der Waals surface area (Å²) < 4.78 is 7.15. The summed E-state index contributed by atoms with van der Waals surface area (Å²) in [7, 11) is 3.37. The lowest BCUT2D eigenvalue weighted by Crippen LogP contribution is -2.33. The predicted octanol–water partition coefficient (Wildman–Crippen LogP) is 1.55. The predicted molar refractivity (Wildman–Crippen MR) is 127 cm³/mol. The SMILES string of the molecule is CNC(=O)CN(C)c1cc(Cn2cc(C(=O)NCCOc3cccc(Cl)c3)c(N)n2)ccn1. The number of nitrogen functional groups attached to an aromatic ring is 1. The first-order chi connectivity index (χ1) is 15.9.